The summed E-state index contributed by atoms with van der Waals surface area (Å²) in [5, 5.41) is 4.10. The van der Waals surface area contributed by atoms with Crippen LogP contribution in [0.2, 0.25) is 0 Å². The number of hydrogen-bond acceptors (Lipinski definition) is 4. The van der Waals surface area contributed by atoms with E-state index in [1.165, 1.54) is 0 Å². The molecule has 0 radical (unpaired) electrons. The molecular formula is C6H11N3O3S. The Hall–Kier alpha value is -1.04. The van der Waals surface area contributed by atoms with Crippen LogP contribution in [0.3, 0.4) is 0 Å². The van der Waals surface area contributed by atoms with Gasteiger partial charge in [-0.1, -0.05) is 11.7 Å². The van der Waals surface area contributed by atoms with Gasteiger partial charge in [0.2, 0.25) is 0 Å². The molecule has 6 nitrogen and oxygen atoms in total. The molecule has 0 N–H and O–H groups in total. The maximum atomic E-state index is 10.8. The summed E-state index contributed by atoms with van der Waals surface area (Å²) < 4.78 is 26.5. The lowest BCUT2D eigenvalue weighted by atomic mass is 10.7. The van der Waals surface area contributed by atoms with Gasteiger partial charge in [-0.2, -0.15) is 0 Å². The standard InChI is InChI=1S/C6H11N3O3S/c1-2-13(10,11)6-5-12-4-3-8-9-7/h2H,1,3-6H2. The van der Waals surface area contributed by atoms with Crippen LogP contribution in [-0.4, -0.2) is 33.9 Å². The molecule has 7 heteroatoms. The van der Waals surface area contributed by atoms with E-state index in [0.29, 0.717) is 0 Å². The maximum absolute atomic E-state index is 10.8. The molecule has 0 aromatic rings. The van der Waals surface area contributed by atoms with Crippen molar-refractivity contribution in [2.24, 2.45) is 5.11 Å². The molecular weight excluding hydrogens is 194 g/mol. The van der Waals surface area contributed by atoms with Crippen molar-refractivity contribution < 1.29 is 13.2 Å². The highest BCUT2D eigenvalue weighted by Gasteiger charge is 2.03. The molecule has 0 aromatic carbocycles. The van der Waals surface area contributed by atoms with E-state index in [1.807, 2.05) is 0 Å². The second-order valence-corrected chi connectivity index (χ2v) is 4.17. The molecule has 0 saturated carbocycles. The SMILES string of the molecule is C=CS(=O)(=O)CCOCCN=[N+]=[N-]. The predicted molar refractivity (Wildman–Crippen MR) is 48.8 cm³/mol. The molecule has 74 valence electrons. The number of ether oxygens (including phenoxy) is 1. The summed E-state index contributed by atoms with van der Waals surface area (Å²) in [5.41, 5.74) is 7.88. The second kappa shape index (κ2) is 6.47. The maximum Gasteiger partial charge on any atom is 0.173 e. The summed E-state index contributed by atoms with van der Waals surface area (Å²) in [5.74, 6) is -0.0905. The first-order valence-electron chi connectivity index (χ1n) is 3.56. The zero-order valence-electron chi connectivity index (χ0n) is 7.09. The normalized spacial score (nSPS) is 10.5. The number of azide groups is 1. The predicted octanol–water partition coefficient (Wildman–Crippen LogP) is 0.872. The Morgan fingerprint density at radius 1 is 1.54 bits per heavy atom. The van der Waals surface area contributed by atoms with E-state index in [0.717, 1.165) is 5.41 Å². The van der Waals surface area contributed by atoms with E-state index in [2.05, 4.69) is 16.6 Å². The van der Waals surface area contributed by atoms with Gasteiger partial charge in [-0.3, -0.25) is 0 Å². The fraction of sp³-hybridized carbons (Fsp3) is 0.667. The van der Waals surface area contributed by atoms with Crippen LogP contribution >= 0.6 is 0 Å². The zero-order valence-corrected chi connectivity index (χ0v) is 7.90. The number of rotatable bonds is 7. The fourth-order valence-electron chi connectivity index (χ4n) is 0.511. The summed E-state index contributed by atoms with van der Waals surface area (Å²) in [7, 11) is -3.18. The smallest absolute Gasteiger partial charge is 0.173 e. The lowest BCUT2D eigenvalue weighted by molar-refractivity contribution is 0.157. The zero-order chi connectivity index (χ0) is 10.2. The van der Waals surface area contributed by atoms with Gasteiger partial charge in [-0.25, -0.2) is 8.42 Å². The lowest BCUT2D eigenvalue weighted by Crippen LogP contribution is -2.10. The Kier molecular flexibility index (Phi) is 5.96. The number of nitrogens with zero attached hydrogens (tertiary/aromatic N) is 3. The van der Waals surface area contributed by atoms with E-state index in [9.17, 15) is 8.42 Å². The molecule has 0 unspecified atom stereocenters. The third kappa shape index (κ3) is 7.32. The molecule has 0 atom stereocenters. The molecule has 0 heterocycles. The topological polar surface area (TPSA) is 92.1 Å². The van der Waals surface area contributed by atoms with E-state index < -0.39 is 9.84 Å². The van der Waals surface area contributed by atoms with E-state index in [1.54, 1.807) is 0 Å². The Balaban J connectivity index is 3.47. The van der Waals surface area contributed by atoms with Gasteiger partial charge in [0.05, 0.1) is 19.0 Å². The van der Waals surface area contributed by atoms with Crippen LogP contribution in [0.1, 0.15) is 0 Å². The summed E-state index contributed by atoms with van der Waals surface area (Å²) in [4.78, 5) is 2.51. The number of hydrogen-bond donors (Lipinski definition) is 0. The monoisotopic (exact) mass is 205 g/mol. The minimum absolute atomic E-state index is 0.0905. The summed E-state index contributed by atoms with van der Waals surface area (Å²) in [6, 6.07) is 0. The van der Waals surface area contributed by atoms with Crippen molar-refractivity contribution in [1.29, 1.82) is 0 Å². The molecule has 0 amide bonds. The van der Waals surface area contributed by atoms with Gasteiger partial charge in [-0.05, 0) is 5.53 Å². The molecule has 0 aliphatic carbocycles. The number of sulfone groups is 1. The van der Waals surface area contributed by atoms with Crippen molar-refractivity contribution in [2.45, 2.75) is 0 Å². The van der Waals surface area contributed by atoms with Crippen molar-refractivity contribution in [3.8, 4) is 0 Å². The quantitative estimate of drug-likeness (QED) is 0.267. The van der Waals surface area contributed by atoms with Crippen molar-refractivity contribution in [3.05, 3.63) is 22.4 Å². The van der Waals surface area contributed by atoms with Gasteiger partial charge in [-0.15, -0.1) is 0 Å². The highest BCUT2D eigenvalue weighted by Crippen LogP contribution is 1.90. The molecule has 0 rings (SSSR count). The van der Waals surface area contributed by atoms with E-state index >= 15 is 0 Å². The Morgan fingerprint density at radius 2 is 2.23 bits per heavy atom. The minimum atomic E-state index is -3.18. The van der Waals surface area contributed by atoms with Crippen molar-refractivity contribution >= 4 is 9.84 Å². The molecule has 0 spiro atoms. The van der Waals surface area contributed by atoms with Gasteiger partial charge in [0.15, 0.2) is 9.84 Å². The van der Waals surface area contributed by atoms with Crippen LogP contribution in [-0.2, 0) is 14.6 Å². The second-order valence-electron chi connectivity index (χ2n) is 2.10. The van der Waals surface area contributed by atoms with Crippen LogP contribution in [0.5, 0.6) is 0 Å². The van der Waals surface area contributed by atoms with Crippen LogP contribution < -0.4 is 0 Å². The molecule has 0 bridgehead atoms. The molecule has 13 heavy (non-hydrogen) atoms. The average molecular weight is 205 g/mol. The molecule has 0 saturated heterocycles. The molecule has 0 aromatic heterocycles. The van der Waals surface area contributed by atoms with Crippen LogP contribution in [0.25, 0.3) is 10.4 Å². The Bertz CT molecular complexity index is 292. The third-order valence-electron chi connectivity index (χ3n) is 1.16. The molecule has 0 aliphatic heterocycles. The van der Waals surface area contributed by atoms with Gasteiger partial charge in [0.25, 0.3) is 0 Å². The van der Waals surface area contributed by atoms with Crippen molar-refractivity contribution in [1.82, 2.24) is 0 Å². The van der Waals surface area contributed by atoms with Crippen molar-refractivity contribution in [2.75, 3.05) is 25.5 Å². The summed E-state index contributed by atoms with van der Waals surface area (Å²) in [6.45, 7) is 3.69. The first-order chi connectivity index (χ1) is 6.12. The lowest BCUT2D eigenvalue weighted by Gasteiger charge is -1.99. The molecule has 0 fully saturated rings. The minimum Gasteiger partial charge on any atom is -0.380 e. The first-order valence-corrected chi connectivity index (χ1v) is 5.27. The van der Waals surface area contributed by atoms with Crippen LogP contribution in [0, 0.1) is 0 Å². The molecule has 0 aliphatic rings. The average Bonchev–Trinajstić information content (AvgIpc) is 2.11. The largest absolute Gasteiger partial charge is 0.380 e. The highest BCUT2D eigenvalue weighted by atomic mass is 32.2. The van der Waals surface area contributed by atoms with Gasteiger partial charge in [0, 0.05) is 16.9 Å². The van der Waals surface area contributed by atoms with Crippen molar-refractivity contribution in [3.63, 3.8) is 0 Å². The Morgan fingerprint density at radius 3 is 2.77 bits per heavy atom. The van der Waals surface area contributed by atoms with Crippen LogP contribution in [0.4, 0.5) is 0 Å². The third-order valence-corrected chi connectivity index (χ3v) is 2.41. The first kappa shape index (κ1) is 12.0. The van der Waals surface area contributed by atoms with E-state index in [-0.39, 0.29) is 25.5 Å². The van der Waals surface area contributed by atoms with Gasteiger partial charge in [0.1, 0.15) is 0 Å². The van der Waals surface area contributed by atoms with E-state index in [4.69, 9.17) is 10.3 Å². The highest BCUT2D eigenvalue weighted by molar-refractivity contribution is 7.94. The summed E-state index contributed by atoms with van der Waals surface area (Å²) in [6.07, 6.45) is 0. The van der Waals surface area contributed by atoms with Gasteiger partial charge < -0.3 is 4.74 Å². The Labute approximate surface area is 76.7 Å². The fourth-order valence-corrected chi connectivity index (χ4v) is 1.03. The van der Waals surface area contributed by atoms with Gasteiger partial charge >= 0.3 is 0 Å². The van der Waals surface area contributed by atoms with Crippen LogP contribution in [0.15, 0.2) is 17.1 Å². The summed E-state index contributed by atoms with van der Waals surface area (Å²) >= 11 is 0.